The number of ether oxygens (including phenoxy) is 1. The predicted octanol–water partition coefficient (Wildman–Crippen LogP) is 1.83. The van der Waals surface area contributed by atoms with Crippen molar-refractivity contribution in [3.63, 3.8) is 0 Å². The zero-order valence-corrected chi connectivity index (χ0v) is 8.82. The van der Waals surface area contributed by atoms with Crippen LogP contribution in [0.4, 0.5) is 0 Å². The number of carbonyl (C=O) groups is 2. The Morgan fingerprint density at radius 1 is 1.50 bits per heavy atom. The van der Waals surface area contributed by atoms with E-state index >= 15 is 0 Å². The fourth-order valence-electron chi connectivity index (χ4n) is 1.71. The Bertz CT molecular complexity index is 542. The average molecular weight is 217 g/mol. The molecule has 82 valence electrons. The van der Waals surface area contributed by atoms with Crippen molar-refractivity contribution in [2.45, 2.75) is 13.3 Å². The molecule has 2 aromatic rings. The number of carbonyl (C=O) groups excluding carboxylic acids is 2. The second-order valence-electron chi connectivity index (χ2n) is 3.46. The number of hydrogen-bond acceptors (Lipinski definition) is 3. The normalized spacial score (nSPS) is 10.3. The van der Waals surface area contributed by atoms with Gasteiger partial charge in [-0.15, -0.1) is 0 Å². The van der Waals surface area contributed by atoms with Gasteiger partial charge in [-0.05, 0) is 17.7 Å². The maximum Gasteiger partial charge on any atom is 0.308 e. The maximum absolute atomic E-state index is 10.9. The first kappa shape index (κ1) is 10.4. The number of aromatic nitrogens is 1. The van der Waals surface area contributed by atoms with E-state index in [0.717, 1.165) is 22.8 Å². The van der Waals surface area contributed by atoms with Crippen LogP contribution in [-0.2, 0) is 16.0 Å². The Morgan fingerprint density at radius 2 is 2.31 bits per heavy atom. The molecule has 0 aliphatic rings. The molecule has 16 heavy (non-hydrogen) atoms. The van der Waals surface area contributed by atoms with Crippen molar-refractivity contribution in [2.24, 2.45) is 0 Å². The van der Waals surface area contributed by atoms with Crippen LogP contribution in [0.15, 0.2) is 24.4 Å². The van der Waals surface area contributed by atoms with Gasteiger partial charge in [0.25, 0.3) is 0 Å². The van der Waals surface area contributed by atoms with E-state index in [1.807, 2.05) is 6.07 Å². The lowest BCUT2D eigenvalue weighted by Crippen LogP contribution is -2.02. The van der Waals surface area contributed by atoms with E-state index in [2.05, 4.69) is 4.98 Å². The zero-order valence-electron chi connectivity index (χ0n) is 8.82. The molecule has 1 heterocycles. The van der Waals surface area contributed by atoms with Gasteiger partial charge in [0, 0.05) is 30.4 Å². The number of benzene rings is 1. The van der Waals surface area contributed by atoms with Gasteiger partial charge in [0.1, 0.15) is 12.0 Å². The SMILES string of the molecule is CC(=O)Oc1cccc2[nH]cc(CC=O)c12. The minimum absolute atomic E-state index is 0.304. The molecular formula is C12H11NO3. The number of H-pyrrole nitrogens is 1. The fraction of sp³-hybridized carbons (Fsp3) is 0.167. The summed E-state index contributed by atoms with van der Waals surface area (Å²) in [4.78, 5) is 24.5. The van der Waals surface area contributed by atoms with Crippen LogP contribution in [0.3, 0.4) is 0 Å². The highest BCUT2D eigenvalue weighted by molar-refractivity contribution is 5.92. The monoisotopic (exact) mass is 217 g/mol. The van der Waals surface area contributed by atoms with Crippen LogP contribution >= 0.6 is 0 Å². The van der Waals surface area contributed by atoms with Gasteiger partial charge in [0.2, 0.25) is 0 Å². The smallest absolute Gasteiger partial charge is 0.308 e. The molecule has 0 saturated carbocycles. The van der Waals surface area contributed by atoms with Crippen molar-refractivity contribution in [1.29, 1.82) is 0 Å². The molecule has 0 spiro atoms. The molecule has 0 aliphatic carbocycles. The quantitative estimate of drug-likeness (QED) is 0.484. The van der Waals surface area contributed by atoms with Crippen molar-refractivity contribution in [3.05, 3.63) is 30.0 Å². The van der Waals surface area contributed by atoms with Crippen LogP contribution in [0.1, 0.15) is 12.5 Å². The number of hydrogen-bond donors (Lipinski definition) is 1. The first-order valence-corrected chi connectivity index (χ1v) is 4.93. The molecule has 0 amide bonds. The largest absolute Gasteiger partial charge is 0.426 e. The number of nitrogens with one attached hydrogen (secondary N) is 1. The Kier molecular flexibility index (Phi) is 2.72. The topological polar surface area (TPSA) is 59.2 Å². The van der Waals surface area contributed by atoms with Crippen LogP contribution < -0.4 is 4.74 Å². The molecule has 1 N–H and O–H groups in total. The van der Waals surface area contributed by atoms with Gasteiger partial charge in [-0.2, -0.15) is 0 Å². The molecule has 0 unspecified atom stereocenters. The van der Waals surface area contributed by atoms with E-state index in [1.54, 1.807) is 18.3 Å². The van der Waals surface area contributed by atoms with E-state index in [0.29, 0.717) is 12.2 Å². The second-order valence-corrected chi connectivity index (χ2v) is 3.46. The van der Waals surface area contributed by atoms with E-state index < -0.39 is 0 Å². The second kappa shape index (κ2) is 4.18. The zero-order chi connectivity index (χ0) is 11.5. The third-order valence-electron chi connectivity index (χ3n) is 2.31. The fourth-order valence-corrected chi connectivity index (χ4v) is 1.71. The lowest BCUT2D eigenvalue weighted by molar-refractivity contribution is -0.131. The van der Waals surface area contributed by atoms with Crippen LogP contribution in [-0.4, -0.2) is 17.2 Å². The number of fused-ring (bicyclic) bond motifs is 1. The van der Waals surface area contributed by atoms with Crippen LogP contribution in [0.2, 0.25) is 0 Å². The number of aromatic amines is 1. The minimum atomic E-state index is -0.370. The van der Waals surface area contributed by atoms with Gasteiger partial charge in [-0.3, -0.25) is 4.79 Å². The summed E-state index contributed by atoms with van der Waals surface area (Å²) < 4.78 is 5.10. The van der Waals surface area contributed by atoms with Crippen molar-refractivity contribution in [2.75, 3.05) is 0 Å². The summed E-state index contributed by atoms with van der Waals surface area (Å²) in [6.45, 7) is 1.35. The third kappa shape index (κ3) is 1.82. The number of esters is 1. The predicted molar refractivity (Wildman–Crippen MR) is 59.4 cm³/mol. The lowest BCUT2D eigenvalue weighted by atomic mass is 10.1. The van der Waals surface area contributed by atoms with Crippen LogP contribution in [0.5, 0.6) is 5.75 Å². The van der Waals surface area contributed by atoms with Gasteiger partial charge < -0.3 is 14.5 Å². The van der Waals surface area contributed by atoms with Gasteiger partial charge in [-0.25, -0.2) is 0 Å². The summed E-state index contributed by atoms with van der Waals surface area (Å²) in [6.07, 6.45) is 2.89. The Hall–Kier alpha value is -2.10. The van der Waals surface area contributed by atoms with Crippen molar-refractivity contribution in [3.8, 4) is 5.75 Å². The molecule has 0 radical (unpaired) electrons. The highest BCUT2D eigenvalue weighted by Crippen LogP contribution is 2.28. The summed E-state index contributed by atoms with van der Waals surface area (Å²) in [7, 11) is 0. The molecule has 0 fully saturated rings. The van der Waals surface area contributed by atoms with Crippen molar-refractivity contribution >= 4 is 23.2 Å². The van der Waals surface area contributed by atoms with Gasteiger partial charge >= 0.3 is 5.97 Å². The average Bonchev–Trinajstić information content (AvgIpc) is 2.62. The first-order chi connectivity index (χ1) is 7.72. The molecule has 0 aliphatic heterocycles. The van der Waals surface area contributed by atoms with Crippen LogP contribution in [0, 0.1) is 0 Å². The standard InChI is InChI=1S/C12H11NO3/c1-8(15)16-11-4-2-3-10-12(11)9(5-6-14)7-13-10/h2-4,6-7,13H,5H2,1H3. The van der Waals surface area contributed by atoms with E-state index in [4.69, 9.17) is 4.74 Å². The molecule has 0 saturated heterocycles. The van der Waals surface area contributed by atoms with Crippen molar-refractivity contribution in [1.82, 2.24) is 4.98 Å². The molecule has 4 nitrogen and oxygen atoms in total. The summed E-state index contributed by atoms with van der Waals surface area (Å²) in [5.41, 5.74) is 1.69. The molecular weight excluding hydrogens is 206 g/mol. The minimum Gasteiger partial charge on any atom is -0.426 e. The molecule has 1 aromatic heterocycles. The van der Waals surface area contributed by atoms with E-state index in [-0.39, 0.29) is 5.97 Å². The van der Waals surface area contributed by atoms with Crippen molar-refractivity contribution < 1.29 is 14.3 Å². The summed E-state index contributed by atoms with van der Waals surface area (Å²) >= 11 is 0. The van der Waals surface area contributed by atoms with E-state index in [9.17, 15) is 9.59 Å². The summed E-state index contributed by atoms with van der Waals surface area (Å²) in [5, 5.41) is 0.796. The molecule has 1 aromatic carbocycles. The maximum atomic E-state index is 10.9. The summed E-state index contributed by atoms with van der Waals surface area (Å²) in [6, 6.07) is 5.38. The molecule has 2 rings (SSSR count). The third-order valence-corrected chi connectivity index (χ3v) is 2.31. The van der Waals surface area contributed by atoms with Gasteiger partial charge in [0.05, 0.1) is 0 Å². The Labute approximate surface area is 92.2 Å². The molecule has 4 heteroatoms. The molecule has 0 atom stereocenters. The first-order valence-electron chi connectivity index (χ1n) is 4.93. The Balaban J connectivity index is 2.58. The van der Waals surface area contributed by atoms with Gasteiger partial charge in [0.15, 0.2) is 0 Å². The highest BCUT2D eigenvalue weighted by Gasteiger charge is 2.10. The number of aldehydes is 1. The molecule has 0 bridgehead atoms. The number of rotatable bonds is 3. The Morgan fingerprint density at radius 3 is 3.00 bits per heavy atom. The van der Waals surface area contributed by atoms with Gasteiger partial charge in [-0.1, -0.05) is 6.07 Å². The van der Waals surface area contributed by atoms with Crippen LogP contribution in [0.25, 0.3) is 10.9 Å². The lowest BCUT2D eigenvalue weighted by Gasteiger charge is -2.03. The van der Waals surface area contributed by atoms with E-state index in [1.165, 1.54) is 6.92 Å². The highest BCUT2D eigenvalue weighted by atomic mass is 16.5. The summed E-state index contributed by atoms with van der Waals surface area (Å²) in [5.74, 6) is 0.119.